The minimum absolute atomic E-state index is 0.152. The first-order valence-electron chi connectivity index (χ1n) is 8.62. The van der Waals surface area contributed by atoms with Gasteiger partial charge in [0.2, 0.25) is 0 Å². The Morgan fingerprint density at radius 1 is 1.00 bits per heavy atom. The van der Waals surface area contributed by atoms with Crippen LogP contribution in [0.4, 0.5) is 0 Å². The highest BCUT2D eigenvalue weighted by Gasteiger charge is 2.26. The Kier molecular flexibility index (Phi) is 5.25. The van der Waals surface area contributed by atoms with E-state index in [9.17, 15) is 0 Å². The Morgan fingerprint density at radius 2 is 1.71 bits per heavy atom. The minimum atomic E-state index is 0.152. The number of hydrogen-bond acceptors (Lipinski definition) is 4. The van der Waals surface area contributed by atoms with E-state index in [0.29, 0.717) is 12.5 Å². The molecule has 21 heavy (non-hydrogen) atoms. The van der Waals surface area contributed by atoms with Crippen LogP contribution in [0.5, 0.6) is 0 Å². The first-order valence-corrected chi connectivity index (χ1v) is 8.62. The standard InChI is InChI=1S/C16H28N4O/c21-12-9-14-13-20(18-17-14)16-7-10-19(11-8-16)15-5-3-1-2-4-6-15/h13,15-16,21H,1-12H2. The van der Waals surface area contributed by atoms with Crippen LogP contribution in [0.3, 0.4) is 0 Å². The van der Waals surface area contributed by atoms with Gasteiger partial charge in [0.05, 0.1) is 11.7 Å². The van der Waals surface area contributed by atoms with E-state index in [1.54, 1.807) is 0 Å². The van der Waals surface area contributed by atoms with Crippen LogP contribution in [0.2, 0.25) is 0 Å². The van der Waals surface area contributed by atoms with Gasteiger partial charge in [-0.3, -0.25) is 0 Å². The number of hydrogen-bond donors (Lipinski definition) is 1. The van der Waals surface area contributed by atoms with Gasteiger partial charge in [0.1, 0.15) is 0 Å². The molecule has 1 aliphatic carbocycles. The summed E-state index contributed by atoms with van der Waals surface area (Å²) in [6.45, 7) is 2.55. The topological polar surface area (TPSA) is 54.2 Å². The van der Waals surface area contributed by atoms with Crippen molar-refractivity contribution < 1.29 is 5.11 Å². The second-order valence-electron chi connectivity index (χ2n) is 6.58. The van der Waals surface area contributed by atoms with Gasteiger partial charge >= 0.3 is 0 Å². The van der Waals surface area contributed by atoms with Crippen molar-refractivity contribution in [3.05, 3.63) is 11.9 Å². The largest absolute Gasteiger partial charge is 0.396 e. The number of rotatable bonds is 4. The zero-order valence-corrected chi connectivity index (χ0v) is 13.0. The Hall–Kier alpha value is -0.940. The smallest absolute Gasteiger partial charge is 0.0850 e. The van der Waals surface area contributed by atoms with E-state index in [-0.39, 0.29) is 6.61 Å². The molecule has 5 nitrogen and oxygen atoms in total. The molecular weight excluding hydrogens is 264 g/mol. The van der Waals surface area contributed by atoms with Crippen molar-refractivity contribution in [3.8, 4) is 0 Å². The maximum absolute atomic E-state index is 8.96. The van der Waals surface area contributed by atoms with Gasteiger partial charge in [-0.2, -0.15) is 0 Å². The Morgan fingerprint density at radius 3 is 2.38 bits per heavy atom. The fourth-order valence-corrected chi connectivity index (χ4v) is 3.86. The van der Waals surface area contributed by atoms with Crippen molar-refractivity contribution in [2.75, 3.05) is 19.7 Å². The van der Waals surface area contributed by atoms with Crippen molar-refractivity contribution in [2.24, 2.45) is 0 Å². The van der Waals surface area contributed by atoms with Crippen LogP contribution in [0.15, 0.2) is 6.20 Å². The maximum atomic E-state index is 8.96. The quantitative estimate of drug-likeness (QED) is 0.864. The molecule has 1 saturated heterocycles. The molecule has 0 amide bonds. The SMILES string of the molecule is OCCc1cn(C2CCN(C3CCCCCC3)CC2)nn1. The third kappa shape index (κ3) is 3.83. The van der Waals surface area contributed by atoms with Gasteiger partial charge in [0.15, 0.2) is 0 Å². The van der Waals surface area contributed by atoms with Gasteiger partial charge in [-0.25, -0.2) is 4.68 Å². The molecule has 2 fully saturated rings. The second-order valence-corrected chi connectivity index (χ2v) is 6.58. The van der Waals surface area contributed by atoms with Gasteiger partial charge in [-0.15, -0.1) is 5.10 Å². The summed E-state index contributed by atoms with van der Waals surface area (Å²) in [5.41, 5.74) is 0.906. The Balaban J connectivity index is 1.51. The van der Waals surface area contributed by atoms with Gasteiger partial charge in [0, 0.05) is 38.4 Å². The molecule has 2 heterocycles. The van der Waals surface area contributed by atoms with Crippen LogP contribution in [0, 0.1) is 0 Å². The van der Waals surface area contributed by atoms with Crippen LogP contribution in [0.1, 0.15) is 63.1 Å². The van der Waals surface area contributed by atoms with Gasteiger partial charge in [-0.05, 0) is 25.7 Å². The van der Waals surface area contributed by atoms with Crippen LogP contribution in [-0.2, 0) is 6.42 Å². The molecule has 0 spiro atoms. The average Bonchev–Trinajstić information content (AvgIpc) is 2.82. The summed E-state index contributed by atoms with van der Waals surface area (Å²) in [6, 6.07) is 1.32. The van der Waals surface area contributed by atoms with E-state index in [0.717, 1.165) is 11.7 Å². The molecule has 1 aromatic rings. The second kappa shape index (κ2) is 7.36. The Labute approximate surface area is 127 Å². The lowest BCUT2D eigenvalue weighted by Gasteiger charge is -2.37. The molecule has 0 bridgehead atoms. The molecule has 0 radical (unpaired) electrons. The van der Waals surface area contributed by atoms with E-state index in [1.807, 2.05) is 10.9 Å². The van der Waals surface area contributed by atoms with Gasteiger partial charge in [-0.1, -0.05) is 30.9 Å². The normalized spacial score (nSPS) is 23.3. The van der Waals surface area contributed by atoms with Gasteiger partial charge < -0.3 is 10.0 Å². The highest BCUT2D eigenvalue weighted by Crippen LogP contribution is 2.28. The lowest BCUT2D eigenvalue weighted by Crippen LogP contribution is -2.41. The summed E-state index contributed by atoms with van der Waals surface area (Å²) >= 11 is 0. The van der Waals surface area contributed by atoms with Gasteiger partial charge in [0.25, 0.3) is 0 Å². The highest BCUT2D eigenvalue weighted by atomic mass is 16.3. The van der Waals surface area contributed by atoms with Crippen LogP contribution in [-0.4, -0.2) is 50.7 Å². The molecule has 0 unspecified atom stereocenters. The Bertz CT molecular complexity index is 418. The summed E-state index contributed by atoms with van der Waals surface area (Å²) in [5, 5.41) is 17.3. The van der Waals surface area contributed by atoms with E-state index in [2.05, 4.69) is 15.2 Å². The summed E-state index contributed by atoms with van der Waals surface area (Å²) in [7, 11) is 0. The minimum Gasteiger partial charge on any atom is -0.396 e. The van der Waals surface area contributed by atoms with E-state index in [4.69, 9.17) is 5.11 Å². The number of piperidine rings is 1. The maximum Gasteiger partial charge on any atom is 0.0850 e. The van der Waals surface area contributed by atoms with Crippen LogP contribution in [0.25, 0.3) is 0 Å². The van der Waals surface area contributed by atoms with Crippen molar-refractivity contribution in [1.29, 1.82) is 0 Å². The van der Waals surface area contributed by atoms with Crippen molar-refractivity contribution >= 4 is 0 Å². The number of aromatic nitrogens is 3. The van der Waals surface area contributed by atoms with Crippen LogP contribution < -0.4 is 0 Å². The summed E-state index contributed by atoms with van der Waals surface area (Å²) < 4.78 is 2.02. The predicted molar refractivity (Wildman–Crippen MR) is 82.1 cm³/mol. The third-order valence-corrected chi connectivity index (χ3v) is 5.14. The van der Waals surface area contributed by atoms with Crippen LogP contribution >= 0.6 is 0 Å². The molecule has 3 rings (SSSR count). The molecule has 1 aromatic heterocycles. The molecule has 0 aromatic carbocycles. The molecule has 0 atom stereocenters. The predicted octanol–water partition coefficient (Wildman–Crippen LogP) is 2.17. The molecule has 5 heteroatoms. The molecular formula is C16H28N4O. The highest BCUT2D eigenvalue weighted by molar-refractivity contribution is 4.94. The van der Waals surface area contributed by atoms with E-state index >= 15 is 0 Å². The zero-order valence-electron chi connectivity index (χ0n) is 13.0. The van der Waals surface area contributed by atoms with Crippen molar-refractivity contribution in [1.82, 2.24) is 19.9 Å². The monoisotopic (exact) mass is 292 g/mol. The third-order valence-electron chi connectivity index (χ3n) is 5.14. The van der Waals surface area contributed by atoms with E-state index in [1.165, 1.54) is 64.5 Å². The number of aliphatic hydroxyl groups excluding tert-OH is 1. The molecule has 2 aliphatic rings. The average molecular weight is 292 g/mol. The zero-order chi connectivity index (χ0) is 14.5. The summed E-state index contributed by atoms with van der Waals surface area (Å²) in [5.74, 6) is 0. The summed E-state index contributed by atoms with van der Waals surface area (Å²) in [4.78, 5) is 2.72. The number of aliphatic hydroxyl groups is 1. The number of likely N-dealkylation sites (tertiary alicyclic amines) is 1. The molecule has 1 N–H and O–H groups in total. The number of nitrogens with zero attached hydrogens (tertiary/aromatic N) is 4. The van der Waals surface area contributed by atoms with Crippen molar-refractivity contribution in [2.45, 2.75) is 69.9 Å². The lowest BCUT2D eigenvalue weighted by molar-refractivity contribution is 0.119. The van der Waals surface area contributed by atoms with E-state index < -0.39 is 0 Å². The first-order chi connectivity index (χ1) is 10.4. The fraction of sp³-hybridized carbons (Fsp3) is 0.875. The first kappa shape index (κ1) is 15.0. The lowest BCUT2D eigenvalue weighted by atomic mass is 10.00. The van der Waals surface area contributed by atoms with Crippen molar-refractivity contribution in [3.63, 3.8) is 0 Å². The molecule has 1 aliphatic heterocycles. The fourth-order valence-electron chi connectivity index (χ4n) is 3.86. The molecule has 1 saturated carbocycles. The summed E-state index contributed by atoms with van der Waals surface area (Å²) in [6.07, 6.45) is 13.5. The molecule has 118 valence electrons.